The molecule has 0 N–H and O–H groups in total. The van der Waals surface area contributed by atoms with Crippen molar-refractivity contribution in [3.05, 3.63) is 53.3 Å². The first kappa shape index (κ1) is 25.2. The number of piperazine rings is 1. The summed E-state index contributed by atoms with van der Waals surface area (Å²) in [6, 6.07) is 10.2. The van der Waals surface area contributed by atoms with E-state index in [4.69, 9.17) is 18.9 Å². The van der Waals surface area contributed by atoms with Crippen LogP contribution in [0, 0.1) is 5.82 Å². The molecule has 2 aliphatic rings. The molecule has 1 amide bonds. The van der Waals surface area contributed by atoms with E-state index in [2.05, 4.69) is 9.80 Å². The molecule has 35 heavy (non-hydrogen) atoms. The van der Waals surface area contributed by atoms with Crippen molar-refractivity contribution in [3.8, 4) is 17.2 Å². The van der Waals surface area contributed by atoms with Crippen LogP contribution in [0.1, 0.15) is 15.9 Å². The SMILES string of the molecule is COc1cc(C(=O)N2CCN(CC3CN(Cc4cccc(F)c4)CCO3)CC2)cc(OC)c1OC. The normalized spacial score (nSPS) is 19.4. The van der Waals surface area contributed by atoms with Gasteiger partial charge < -0.3 is 23.8 Å². The molecule has 2 heterocycles. The number of amides is 1. The van der Waals surface area contributed by atoms with Gasteiger partial charge in [-0.25, -0.2) is 4.39 Å². The molecule has 4 rings (SSSR count). The molecule has 2 fully saturated rings. The number of nitrogens with zero attached hydrogens (tertiary/aromatic N) is 3. The second kappa shape index (κ2) is 11.7. The van der Waals surface area contributed by atoms with Crippen molar-refractivity contribution in [2.24, 2.45) is 0 Å². The third-order valence-corrected chi connectivity index (χ3v) is 6.55. The summed E-state index contributed by atoms with van der Waals surface area (Å²) in [5, 5.41) is 0. The fourth-order valence-corrected chi connectivity index (χ4v) is 4.74. The molecule has 0 spiro atoms. The Morgan fingerprint density at radius 2 is 1.69 bits per heavy atom. The maximum atomic E-state index is 13.5. The summed E-state index contributed by atoms with van der Waals surface area (Å²) >= 11 is 0. The van der Waals surface area contributed by atoms with Crippen molar-refractivity contribution in [1.82, 2.24) is 14.7 Å². The van der Waals surface area contributed by atoms with E-state index >= 15 is 0 Å². The molecule has 0 aromatic heterocycles. The molecule has 1 atom stereocenters. The quantitative estimate of drug-likeness (QED) is 0.567. The summed E-state index contributed by atoms with van der Waals surface area (Å²) in [4.78, 5) is 19.7. The number of methoxy groups -OCH3 is 3. The molecule has 2 aromatic carbocycles. The number of halogens is 1. The van der Waals surface area contributed by atoms with Gasteiger partial charge in [-0.15, -0.1) is 0 Å². The van der Waals surface area contributed by atoms with E-state index in [1.165, 1.54) is 27.4 Å². The maximum absolute atomic E-state index is 13.5. The number of carbonyl (C=O) groups is 1. The summed E-state index contributed by atoms with van der Waals surface area (Å²) in [5.74, 6) is 1.14. The van der Waals surface area contributed by atoms with Gasteiger partial charge in [0.1, 0.15) is 5.82 Å². The second-order valence-electron chi connectivity index (χ2n) is 8.86. The van der Waals surface area contributed by atoms with Crippen molar-refractivity contribution < 1.29 is 28.1 Å². The van der Waals surface area contributed by atoms with Crippen LogP contribution in [0.5, 0.6) is 17.2 Å². The third-order valence-electron chi connectivity index (χ3n) is 6.55. The number of hydrogen-bond donors (Lipinski definition) is 0. The van der Waals surface area contributed by atoms with Crippen LogP contribution in [0.25, 0.3) is 0 Å². The molecular formula is C26H34FN3O5. The fourth-order valence-electron chi connectivity index (χ4n) is 4.74. The van der Waals surface area contributed by atoms with Gasteiger partial charge in [0.15, 0.2) is 11.5 Å². The molecule has 0 saturated carbocycles. The van der Waals surface area contributed by atoms with E-state index < -0.39 is 0 Å². The Labute approximate surface area is 206 Å². The molecule has 1 unspecified atom stereocenters. The van der Waals surface area contributed by atoms with Crippen molar-refractivity contribution in [1.29, 1.82) is 0 Å². The Morgan fingerprint density at radius 3 is 2.31 bits per heavy atom. The van der Waals surface area contributed by atoms with Gasteiger partial charge in [0.25, 0.3) is 5.91 Å². The third kappa shape index (κ3) is 6.22. The number of ether oxygens (including phenoxy) is 4. The zero-order valence-electron chi connectivity index (χ0n) is 20.7. The Balaban J connectivity index is 1.30. The standard InChI is InChI=1S/C26H34FN3O5/c1-32-23-14-20(15-24(33-2)25(23)34-3)26(31)30-9-7-28(8-10-30)17-22-18-29(11-12-35-22)16-19-5-4-6-21(27)13-19/h4-6,13-15,22H,7-12,16-18H2,1-3H3. The molecule has 2 saturated heterocycles. The van der Waals surface area contributed by atoms with Gasteiger partial charge in [0, 0.05) is 57.9 Å². The lowest BCUT2D eigenvalue weighted by atomic mass is 10.1. The summed E-state index contributed by atoms with van der Waals surface area (Å²) in [6.45, 7) is 6.66. The van der Waals surface area contributed by atoms with Crippen molar-refractivity contribution in [3.63, 3.8) is 0 Å². The van der Waals surface area contributed by atoms with Crippen LogP contribution in [0.3, 0.4) is 0 Å². The van der Waals surface area contributed by atoms with Gasteiger partial charge in [-0.1, -0.05) is 12.1 Å². The highest BCUT2D eigenvalue weighted by Gasteiger charge is 2.28. The first-order chi connectivity index (χ1) is 17.0. The molecule has 9 heteroatoms. The Morgan fingerprint density at radius 1 is 0.971 bits per heavy atom. The van der Waals surface area contributed by atoms with Crippen LogP contribution in [0.2, 0.25) is 0 Å². The molecule has 0 radical (unpaired) electrons. The molecule has 0 aliphatic carbocycles. The summed E-state index contributed by atoms with van der Waals surface area (Å²) in [6.07, 6.45) is 0.0923. The van der Waals surface area contributed by atoms with E-state index in [-0.39, 0.29) is 17.8 Å². The summed E-state index contributed by atoms with van der Waals surface area (Å²) < 4.78 is 35.7. The minimum absolute atomic E-state index is 0.0564. The average molecular weight is 488 g/mol. The van der Waals surface area contributed by atoms with Crippen LogP contribution in [-0.2, 0) is 11.3 Å². The molecule has 0 bridgehead atoms. The molecule has 2 aromatic rings. The summed E-state index contributed by atoms with van der Waals surface area (Å²) in [5.41, 5.74) is 1.49. The van der Waals surface area contributed by atoms with Crippen molar-refractivity contribution >= 4 is 5.91 Å². The lowest BCUT2D eigenvalue weighted by molar-refractivity contribution is -0.0497. The zero-order chi connectivity index (χ0) is 24.8. The number of benzene rings is 2. The highest BCUT2D eigenvalue weighted by molar-refractivity contribution is 5.95. The van der Waals surface area contributed by atoms with Crippen molar-refractivity contribution in [2.75, 3.05) is 73.7 Å². The fraction of sp³-hybridized carbons (Fsp3) is 0.500. The second-order valence-corrected chi connectivity index (χ2v) is 8.86. The number of carbonyl (C=O) groups excluding carboxylic acids is 1. The van der Waals surface area contributed by atoms with Gasteiger partial charge in [0.2, 0.25) is 5.75 Å². The van der Waals surface area contributed by atoms with E-state index in [1.54, 1.807) is 24.3 Å². The Bertz CT molecular complexity index is 987. The first-order valence-electron chi connectivity index (χ1n) is 11.9. The Kier molecular flexibility index (Phi) is 8.43. The van der Waals surface area contributed by atoms with Crippen LogP contribution < -0.4 is 14.2 Å². The van der Waals surface area contributed by atoms with E-state index in [0.717, 1.165) is 38.3 Å². The predicted molar refractivity (Wildman–Crippen MR) is 130 cm³/mol. The number of hydrogen-bond acceptors (Lipinski definition) is 7. The predicted octanol–water partition coefficient (Wildman–Crippen LogP) is 2.51. The van der Waals surface area contributed by atoms with Crippen LogP contribution in [-0.4, -0.2) is 100 Å². The lowest BCUT2D eigenvalue weighted by Crippen LogP contribution is -2.53. The van der Waals surface area contributed by atoms with E-state index in [1.807, 2.05) is 11.0 Å². The van der Waals surface area contributed by atoms with E-state index in [0.29, 0.717) is 49.1 Å². The minimum Gasteiger partial charge on any atom is -0.493 e. The zero-order valence-corrected chi connectivity index (χ0v) is 20.7. The van der Waals surface area contributed by atoms with Gasteiger partial charge >= 0.3 is 0 Å². The van der Waals surface area contributed by atoms with Gasteiger partial charge in [-0.2, -0.15) is 0 Å². The van der Waals surface area contributed by atoms with Crippen LogP contribution in [0.15, 0.2) is 36.4 Å². The van der Waals surface area contributed by atoms with Gasteiger partial charge in [-0.05, 0) is 29.8 Å². The van der Waals surface area contributed by atoms with Gasteiger partial charge in [-0.3, -0.25) is 14.6 Å². The highest BCUT2D eigenvalue weighted by atomic mass is 19.1. The van der Waals surface area contributed by atoms with E-state index in [9.17, 15) is 9.18 Å². The first-order valence-corrected chi connectivity index (χ1v) is 11.9. The monoisotopic (exact) mass is 487 g/mol. The topological polar surface area (TPSA) is 63.7 Å². The molecule has 8 nitrogen and oxygen atoms in total. The number of rotatable bonds is 8. The maximum Gasteiger partial charge on any atom is 0.254 e. The molecule has 2 aliphatic heterocycles. The highest BCUT2D eigenvalue weighted by Crippen LogP contribution is 2.38. The smallest absolute Gasteiger partial charge is 0.254 e. The average Bonchev–Trinajstić information content (AvgIpc) is 2.88. The minimum atomic E-state index is -0.203. The van der Waals surface area contributed by atoms with Crippen molar-refractivity contribution in [2.45, 2.75) is 12.6 Å². The van der Waals surface area contributed by atoms with Gasteiger partial charge in [0.05, 0.1) is 34.0 Å². The summed E-state index contributed by atoms with van der Waals surface area (Å²) in [7, 11) is 4.62. The molecule has 190 valence electrons. The number of morpholine rings is 1. The van der Waals surface area contributed by atoms with Crippen LogP contribution in [0.4, 0.5) is 4.39 Å². The largest absolute Gasteiger partial charge is 0.493 e. The molecular weight excluding hydrogens is 453 g/mol. The van der Waals surface area contributed by atoms with Crippen LogP contribution >= 0.6 is 0 Å². The lowest BCUT2D eigenvalue weighted by Gasteiger charge is -2.39. The Hall–Kier alpha value is -2.88.